The fourth-order valence-electron chi connectivity index (χ4n) is 2.73. The first-order valence-electron chi connectivity index (χ1n) is 8.62. The molecule has 1 saturated carbocycles. The zero-order valence-electron chi connectivity index (χ0n) is 14.1. The number of nitrogen functional groups attached to an aromatic ring is 1. The molecule has 0 bridgehead atoms. The quantitative estimate of drug-likeness (QED) is 0.682. The summed E-state index contributed by atoms with van der Waals surface area (Å²) in [5, 5.41) is 6.50. The van der Waals surface area contributed by atoms with Crippen molar-refractivity contribution in [2.75, 3.05) is 11.1 Å². The number of nitrogens with two attached hydrogens (primary N) is 1. The van der Waals surface area contributed by atoms with E-state index in [0.29, 0.717) is 17.3 Å². The molecule has 1 amide bonds. The molecule has 1 aliphatic carbocycles. The largest absolute Gasteiger partial charge is 0.399 e. The van der Waals surface area contributed by atoms with Gasteiger partial charge in [0.25, 0.3) is 5.91 Å². The van der Waals surface area contributed by atoms with E-state index in [-0.39, 0.29) is 11.9 Å². The SMILES string of the molecule is CC(CCc1ccccc1)Nc1ccc(N)cc1C(=O)NC1CC1. The van der Waals surface area contributed by atoms with Gasteiger partial charge < -0.3 is 16.4 Å². The van der Waals surface area contributed by atoms with Gasteiger partial charge in [0.1, 0.15) is 0 Å². The molecule has 4 N–H and O–H groups in total. The molecule has 126 valence electrons. The van der Waals surface area contributed by atoms with Crippen molar-refractivity contribution in [3.63, 3.8) is 0 Å². The summed E-state index contributed by atoms with van der Waals surface area (Å²) >= 11 is 0. The van der Waals surface area contributed by atoms with Crippen molar-refractivity contribution in [1.82, 2.24) is 5.32 Å². The number of rotatable bonds is 7. The van der Waals surface area contributed by atoms with Crippen molar-refractivity contribution in [2.24, 2.45) is 0 Å². The number of benzene rings is 2. The Balaban J connectivity index is 1.63. The second-order valence-corrected chi connectivity index (χ2v) is 6.62. The number of aryl methyl sites for hydroxylation is 1. The number of nitrogens with one attached hydrogen (secondary N) is 2. The molecule has 0 heterocycles. The van der Waals surface area contributed by atoms with E-state index in [1.165, 1.54) is 5.56 Å². The normalized spacial score (nSPS) is 14.9. The average Bonchev–Trinajstić information content (AvgIpc) is 3.39. The van der Waals surface area contributed by atoms with Crippen LogP contribution in [0.5, 0.6) is 0 Å². The van der Waals surface area contributed by atoms with E-state index in [0.717, 1.165) is 31.4 Å². The molecule has 0 spiro atoms. The van der Waals surface area contributed by atoms with Gasteiger partial charge in [-0.2, -0.15) is 0 Å². The molecule has 1 unspecified atom stereocenters. The summed E-state index contributed by atoms with van der Waals surface area (Å²) in [4.78, 5) is 12.4. The van der Waals surface area contributed by atoms with Gasteiger partial charge >= 0.3 is 0 Å². The van der Waals surface area contributed by atoms with Gasteiger partial charge in [0.2, 0.25) is 0 Å². The third kappa shape index (κ3) is 4.51. The number of carbonyl (C=O) groups is 1. The summed E-state index contributed by atoms with van der Waals surface area (Å²) in [6.45, 7) is 2.14. The molecule has 2 aromatic carbocycles. The molecule has 2 aromatic rings. The Kier molecular flexibility index (Phi) is 5.04. The van der Waals surface area contributed by atoms with Crippen LogP contribution in [0.1, 0.15) is 42.1 Å². The molecule has 4 nitrogen and oxygen atoms in total. The summed E-state index contributed by atoms with van der Waals surface area (Å²) in [5.74, 6) is -0.0393. The maximum absolute atomic E-state index is 12.4. The van der Waals surface area contributed by atoms with Gasteiger partial charge in [-0.15, -0.1) is 0 Å². The van der Waals surface area contributed by atoms with E-state index < -0.39 is 0 Å². The maximum atomic E-state index is 12.4. The van der Waals surface area contributed by atoms with E-state index in [1.807, 2.05) is 18.2 Å². The minimum absolute atomic E-state index is 0.0393. The minimum Gasteiger partial charge on any atom is -0.399 e. The van der Waals surface area contributed by atoms with E-state index >= 15 is 0 Å². The molecular formula is C20H25N3O. The Morgan fingerprint density at radius 3 is 2.67 bits per heavy atom. The van der Waals surface area contributed by atoms with Crippen molar-refractivity contribution in [3.05, 3.63) is 59.7 Å². The summed E-state index contributed by atoms with van der Waals surface area (Å²) < 4.78 is 0. The topological polar surface area (TPSA) is 67.1 Å². The molecule has 1 fully saturated rings. The van der Waals surface area contributed by atoms with Gasteiger partial charge in [0.05, 0.1) is 5.56 Å². The third-order valence-electron chi connectivity index (χ3n) is 4.31. The fraction of sp³-hybridized carbons (Fsp3) is 0.350. The zero-order chi connectivity index (χ0) is 16.9. The Morgan fingerprint density at radius 1 is 1.21 bits per heavy atom. The maximum Gasteiger partial charge on any atom is 0.253 e. The van der Waals surface area contributed by atoms with E-state index in [9.17, 15) is 4.79 Å². The molecule has 0 aliphatic heterocycles. The standard InChI is InChI=1S/C20H25N3O/c1-14(7-8-15-5-3-2-4-6-15)22-19-12-9-16(21)13-18(19)20(24)23-17-10-11-17/h2-6,9,12-14,17,22H,7-8,10-11,21H2,1H3,(H,23,24). The van der Waals surface area contributed by atoms with Crippen LogP contribution >= 0.6 is 0 Å². The number of anilines is 2. The lowest BCUT2D eigenvalue weighted by molar-refractivity contribution is 0.0952. The van der Waals surface area contributed by atoms with Gasteiger partial charge in [-0.3, -0.25) is 4.79 Å². The van der Waals surface area contributed by atoms with Crippen molar-refractivity contribution >= 4 is 17.3 Å². The highest BCUT2D eigenvalue weighted by Crippen LogP contribution is 2.24. The Bertz CT molecular complexity index is 695. The predicted molar refractivity (Wildman–Crippen MR) is 99.2 cm³/mol. The fourth-order valence-corrected chi connectivity index (χ4v) is 2.73. The first-order chi connectivity index (χ1) is 11.6. The lowest BCUT2D eigenvalue weighted by Gasteiger charge is -2.18. The van der Waals surface area contributed by atoms with Gasteiger partial charge in [-0.25, -0.2) is 0 Å². The number of hydrogen-bond donors (Lipinski definition) is 3. The van der Waals surface area contributed by atoms with Crippen LogP contribution < -0.4 is 16.4 Å². The zero-order valence-corrected chi connectivity index (χ0v) is 14.1. The minimum atomic E-state index is -0.0393. The summed E-state index contributed by atoms with van der Waals surface area (Å²) in [6, 6.07) is 16.5. The highest BCUT2D eigenvalue weighted by atomic mass is 16.1. The number of amides is 1. The van der Waals surface area contributed by atoms with Crippen molar-refractivity contribution in [2.45, 2.75) is 44.7 Å². The molecule has 3 rings (SSSR count). The van der Waals surface area contributed by atoms with Crippen molar-refractivity contribution in [3.8, 4) is 0 Å². The van der Waals surface area contributed by atoms with Gasteiger partial charge in [0.15, 0.2) is 0 Å². The van der Waals surface area contributed by atoms with Crippen LogP contribution in [0.3, 0.4) is 0 Å². The third-order valence-corrected chi connectivity index (χ3v) is 4.31. The van der Waals surface area contributed by atoms with Crippen molar-refractivity contribution < 1.29 is 4.79 Å². The summed E-state index contributed by atoms with van der Waals surface area (Å²) in [7, 11) is 0. The average molecular weight is 323 g/mol. The summed E-state index contributed by atoms with van der Waals surface area (Å²) in [5.41, 5.74) is 9.29. The van der Waals surface area contributed by atoms with Crippen LogP contribution in [0.25, 0.3) is 0 Å². The molecule has 0 radical (unpaired) electrons. The molecule has 1 aliphatic rings. The first-order valence-corrected chi connectivity index (χ1v) is 8.62. The van der Waals surface area contributed by atoms with Crippen LogP contribution in [0.4, 0.5) is 11.4 Å². The smallest absolute Gasteiger partial charge is 0.253 e. The predicted octanol–water partition coefficient (Wildman–Crippen LogP) is 3.59. The van der Waals surface area contributed by atoms with Crippen LogP contribution in [-0.4, -0.2) is 18.0 Å². The van der Waals surface area contributed by atoms with Gasteiger partial charge in [-0.05, 0) is 56.4 Å². The molecule has 4 heteroatoms. The molecule has 24 heavy (non-hydrogen) atoms. The van der Waals surface area contributed by atoms with Crippen LogP contribution in [0, 0.1) is 0 Å². The highest BCUT2D eigenvalue weighted by molar-refractivity contribution is 6.00. The van der Waals surface area contributed by atoms with E-state index in [2.05, 4.69) is 41.8 Å². The molecule has 0 saturated heterocycles. The molecule has 1 atom stereocenters. The molecular weight excluding hydrogens is 298 g/mol. The Hall–Kier alpha value is -2.49. The van der Waals surface area contributed by atoms with Gasteiger partial charge in [-0.1, -0.05) is 30.3 Å². The van der Waals surface area contributed by atoms with E-state index in [1.54, 1.807) is 6.07 Å². The molecule has 0 aromatic heterocycles. The Labute approximate surface area is 143 Å². The van der Waals surface area contributed by atoms with Crippen molar-refractivity contribution in [1.29, 1.82) is 0 Å². The van der Waals surface area contributed by atoms with Crippen LogP contribution in [0.2, 0.25) is 0 Å². The number of carbonyl (C=O) groups excluding carboxylic acids is 1. The Morgan fingerprint density at radius 2 is 1.96 bits per heavy atom. The number of hydrogen-bond acceptors (Lipinski definition) is 3. The van der Waals surface area contributed by atoms with Crippen LogP contribution in [0.15, 0.2) is 48.5 Å². The van der Waals surface area contributed by atoms with Gasteiger partial charge in [0, 0.05) is 23.5 Å². The lowest BCUT2D eigenvalue weighted by atomic mass is 10.0. The second-order valence-electron chi connectivity index (χ2n) is 6.62. The van der Waals surface area contributed by atoms with E-state index in [4.69, 9.17) is 5.73 Å². The monoisotopic (exact) mass is 323 g/mol. The summed E-state index contributed by atoms with van der Waals surface area (Å²) in [6.07, 6.45) is 4.15. The second kappa shape index (κ2) is 7.39. The first kappa shape index (κ1) is 16.4. The lowest BCUT2D eigenvalue weighted by Crippen LogP contribution is -2.27. The van der Waals surface area contributed by atoms with Crippen LogP contribution in [-0.2, 0) is 6.42 Å². The highest BCUT2D eigenvalue weighted by Gasteiger charge is 2.25.